The molecule has 1 N–H and O–H groups in total. The zero-order valence-corrected chi connectivity index (χ0v) is 9.32. The molecule has 0 saturated carbocycles. The molecule has 3 atom stereocenters. The van der Waals surface area contributed by atoms with Crippen molar-refractivity contribution in [2.75, 3.05) is 6.54 Å². The van der Waals surface area contributed by atoms with Crippen molar-refractivity contribution in [3.63, 3.8) is 0 Å². The van der Waals surface area contributed by atoms with Gasteiger partial charge < -0.3 is 10.2 Å². The number of amides is 2. The summed E-state index contributed by atoms with van der Waals surface area (Å²) in [7, 11) is 0. The van der Waals surface area contributed by atoms with E-state index in [-0.39, 0.29) is 29.8 Å². The summed E-state index contributed by atoms with van der Waals surface area (Å²) in [6.45, 7) is 4.81. The van der Waals surface area contributed by atoms with Gasteiger partial charge in [-0.3, -0.25) is 9.59 Å². The summed E-state index contributed by atoms with van der Waals surface area (Å²) >= 11 is 0. The lowest BCUT2D eigenvalue weighted by molar-refractivity contribution is -0.148. The maximum absolute atomic E-state index is 12.1. The van der Waals surface area contributed by atoms with Crippen LogP contribution in [0.15, 0.2) is 0 Å². The largest absolute Gasteiger partial charge is 0.342 e. The van der Waals surface area contributed by atoms with Crippen LogP contribution in [0, 0.1) is 5.92 Å². The first kappa shape index (κ1) is 10.5. The van der Waals surface area contributed by atoms with Crippen molar-refractivity contribution in [1.29, 1.82) is 0 Å². The summed E-state index contributed by atoms with van der Waals surface area (Å²) in [5.74, 6) is 0.381. The van der Waals surface area contributed by atoms with Gasteiger partial charge in [-0.25, -0.2) is 0 Å². The van der Waals surface area contributed by atoms with Gasteiger partial charge in [-0.2, -0.15) is 0 Å². The van der Waals surface area contributed by atoms with Crippen LogP contribution < -0.4 is 5.32 Å². The van der Waals surface area contributed by atoms with Gasteiger partial charge in [0.25, 0.3) is 0 Å². The van der Waals surface area contributed by atoms with E-state index in [1.165, 1.54) is 0 Å². The van der Waals surface area contributed by atoms with Gasteiger partial charge in [0.2, 0.25) is 11.8 Å². The predicted octanol–water partition coefficient (Wildman–Crippen LogP) is 0.522. The van der Waals surface area contributed by atoms with Crippen molar-refractivity contribution in [2.24, 2.45) is 5.92 Å². The second-order valence-electron chi connectivity index (χ2n) is 4.56. The lowest BCUT2D eigenvalue weighted by Crippen LogP contribution is -2.62. The minimum Gasteiger partial charge on any atom is -0.342 e. The van der Waals surface area contributed by atoms with Crippen LogP contribution in [0.4, 0.5) is 0 Å². The first-order valence-electron chi connectivity index (χ1n) is 5.76. The van der Waals surface area contributed by atoms with Crippen LogP contribution in [0.2, 0.25) is 0 Å². The topological polar surface area (TPSA) is 49.4 Å². The van der Waals surface area contributed by atoms with Crippen LogP contribution >= 0.6 is 0 Å². The number of carbonyl (C=O) groups is 2. The summed E-state index contributed by atoms with van der Waals surface area (Å²) in [5, 5.41) is 2.86. The molecule has 2 aliphatic rings. The van der Waals surface area contributed by atoms with Crippen molar-refractivity contribution in [1.82, 2.24) is 10.2 Å². The number of rotatable bonds is 2. The minimum absolute atomic E-state index is 0.0393. The molecular weight excluding hydrogens is 192 g/mol. The number of nitrogens with zero attached hydrogens (tertiary/aromatic N) is 1. The summed E-state index contributed by atoms with van der Waals surface area (Å²) in [5.41, 5.74) is 0. The third-order valence-electron chi connectivity index (χ3n) is 3.62. The van der Waals surface area contributed by atoms with Gasteiger partial charge in [-0.15, -0.1) is 0 Å². The molecule has 2 aliphatic heterocycles. The van der Waals surface area contributed by atoms with Crippen LogP contribution in [-0.2, 0) is 9.59 Å². The van der Waals surface area contributed by atoms with E-state index in [0.29, 0.717) is 0 Å². The monoisotopic (exact) mass is 210 g/mol. The molecule has 2 amide bonds. The molecule has 0 aromatic heterocycles. The van der Waals surface area contributed by atoms with Crippen LogP contribution in [-0.4, -0.2) is 35.3 Å². The second kappa shape index (κ2) is 3.83. The number of carbonyl (C=O) groups excluding carboxylic acids is 2. The lowest BCUT2D eigenvalue weighted by atomic mass is 9.95. The summed E-state index contributed by atoms with van der Waals surface area (Å²) in [4.78, 5) is 25.6. The molecule has 0 aromatic rings. The van der Waals surface area contributed by atoms with Crippen LogP contribution in [0.25, 0.3) is 0 Å². The van der Waals surface area contributed by atoms with Crippen LogP contribution in [0.3, 0.4) is 0 Å². The molecule has 2 saturated heterocycles. The fourth-order valence-electron chi connectivity index (χ4n) is 2.41. The highest BCUT2D eigenvalue weighted by Gasteiger charge is 2.44. The van der Waals surface area contributed by atoms with Gasteiger partial charge in [0.1, 0.15) is 12.1 Å². The van der Waals surface area contributed by atoms with Crippen molar-refractivity contribution < 1.29 is 9.59 Å². The molecule has 4 nitrogen and oxygen atoms in total. The number of piperazine rings is 1. The van der Waals surface area contributed by atoms with Crippen molar-refractivity contribution in [2.45, 2.75) is 45.2 Å². The molecule has 15 heavy (non-hydrogen) atoms. The summed E-state index contributed by atoms with van der Waals surface area (Å²) in [6.07, 6.45) is 2.69. The third-order valence-corrected chi connectivity index (χ3v) is 3.62. The fraction of sp³-hybridized carbons (Fsp3) is 0.818. The maximum Gasteiger partial charge on any atom is 0.246 e. The van der Waals surface area contributed by atoms with Crippen LogP contribution in [0.1, 0.15) is 33.1 Å². The Morgan fingerprint density at radius 3 is 2.93 bits per heavy atom. The number of nitrogens with one attached hydrogen (secondary N) is 1. The Morgan fingerprint density at radius 1 is 1.53 bits per heavy atom. The zero-order chi connectivity index (χ0) is 11.0. The highest BCUT2D eigenvalue weighted by molar-refractivity contribution is 5.97. The normalized spacial score (nSPS) is 32.5. The van der Waals surface area contributed by atoms with Crippen molar-refractivity contribution in [3.05, 3.63) is 0 Å². The highest BCUT2D eigenvalue weighted by atomic mass is 16.2. The molecule has 0 bridgehead atoms. The quantitative estimate of drug-likeness (QED) is 0.722. The van der Waals surface area contributed by atoms with E-state index in [9.17, 15) is 9.59 Å². The number of hydrogen-bond donors (Lipinski definition) is 1. The molecule has 2 rings (SSSR count). The van der Waals surface area contributed by atoms with Gasteiger partial charge in [-0.05, 0) is 18.8 Å². The standard InChI is InChI=1S/C11H18N2O2/c1-3-7(2)9-11(15)13-6-4-5-8(13)10(14)12-9/h7-9H,3-6H2,1-2H3,(H,12,14)/t7-,8-,9-/m1/s1. The summed E-state index contributed by atoms with van der Waals surface area (Å²) in [6, 6.07) is -0.477. The van der Waals surface area contributed by atoms with Gasteiger partial charge in [0.05, 0.1) is 0 Å². The number of hydrogen-bond acceptors (Lipinski definition) is 2. The highest BCUT2D eigenvalue weighted by Crippen LogP contribution is 2.24. The molecule has 4 heteroatoms. The molecule has 0 radical (unpaired) electrons. The van der Waals surface area contributed by atoms with Gasteiger partial charge >= 0.3 is 0 Å². The Labute approximate surface area is 90.0 Å². The van der Waals surface area contributed by atoms with E-state index < -0.39 is 0 Å². The predicted molar refractivity (Wildman–Crippen MR) is 56.1 cm³/mol. The molecular formula is C11H18N2O2. The smallest absolute Gasteiger partial charge is 0.246 e. The Kier molecular flexibility index (Phi) is 2.67. The minimum atomic E-state index is -0.295. The van der Waals surface area contributed by atoms with E-state index >= 15 is 0 Å². The fourth-order valence-corrected chi connectivity index (χ4v) is 2.41. The first-order chi connectivity index (χ1) is 7.15. The van der Waals surface area contributed by atoms with Crippen molar-refractivity contribution in [3.8, 4) is 0 Å². The average molecular weight is 210 g/mol. The lowest BCUT2D eigenvalue weighted by Gasteiger charge is -2.36. The third kappa shape index (κ3) is 1.62. The Hall–Kier alpha value is -1.06. The zero-order valence-electron chi connectivity index (χ0n) is 9.32. The molecule has 2 heterocycles. The molecule has 0 spiro atoms. The van der Waals surface area contributed by atoms with Crippen LogP contribution in [0.5, 0.6) is 0 Å². The molecule has 0 unspecified atom stereocenters. The SMILES string of the molecule is CC[C@@H](C)[C@H]1NC(=O)[C@H]2CCCN2C1=O. The summed E-state index contributed by atoms with van der Waals surface area (Å²) < 4.78 is 0. The van der Waals surface area contributed by atoms with E-state index in [1.807, 2.05) is 13.8 Å². The van der Waals surface area contributed by atoms with Gasteiger partial charge in [0, 0.05) is 6.54 Å². The van der Waals surface area contributed by atoms with E-state index in [1.54, 1.807) is 4.90 Å². The molecule has 0 aromatic carbocycles. The maximum atomic E-state index is 12.1. The Bertz CT molecular complexity index is 290. The average Bonchev–Trinajstić information content (AvgIpc) is 2.71. The van der Waals surface area contributed by atoms with E-state index in [0.717, 1.165) is 25.8 Å². The van der Waals surface area contributed by atoms with E-state index in [4.69, 9.17) is 0 Å². The van der Waals surface area contributed by atoms with Crippen molar-refractivity contribution >= 4 is 11.8 Å². The Morgan fingerprint density at radius 2 is 2.27 bits per heavy atom. The first-order valence-corrected chi connectivity index (χ1v) is 5.76. The van der Waals surface area contributed by atoms with E-state index in [2.05, 4.69) is 5.32 Å². The van der Waals surface area contributed by atoms with Gasteiger partial charge in [-0.1, -0.05) is 20.3 Å². The number of fused-ring (bicyclic) bond motifs is 1. The molecule has 84 valence electrons. The van der Waals surface area contributed by atoms with Gasteiger partial charge in [0.15, 0.2) is 0 Å². The second-order valence-corrected chi connectivity index (χ2v) is 4.56. The Balaban J connectivity index is 2.17. The molecule has 2 fully saturated rings. The molecule has 0 aliphatic carbocycles.